The number of alkyl halides is 4. The number of rotatable bonds is 6. The molecule has 1 aromatic carbocycles. The summed E-state index contributed by atoms with van der Waals surface area (Å²) in [5, 5.41) is 0. The van der Waals surface area contributed by atoms with Crippen LogP contribution in [0.4, 0.5) is 17.6 Å². The zero-order valence-corrected chi connectivity index (χ0v) is 13.8. The number of ether oxygens (including phenoxy) is 2. The minimum Gasteiger partial charge on any atom is -0.461 e. The average Bonchev–Trinajstić information content (AvgIpc) is 3.28. The van der Waals surface area contributed by atoms with Crippen LogP contribution in [0.2, 0.25) is 0 Å². The van der Waals surface area contributed by atoms with Crippen molar-refractivity contribution in [3.05, 3.63) is 41.5 Å². The molecule has 2 saturated carbocycles. The van der Waals surface area contributed by atoms with E-state index in [0.717, 1.165) is 0 Å². The van der Waals surface area contributed by atoms with E-state index in [1.807, 2.05) is 13.8 Å². The number of hydrogen-bond donors (Lipinski definition) is 0. The van der Waals surface area contributed by atoms with E-state index in [0.29, 0.717) is 5.56 Å². The lowest BCUT2D eigenvalue weighted by atomic mass is 10.1. The Bertz CT molecular complexity index is 712. The predicted molar refractivity (Wildman–Crippen MR) is 81.3 cm³/mol. The number of hydrogen-bond acceptors (Lipinski definition) is 3. The molecule has 0 spiro atoms. The Balaban J connectivity index is 1.57. The van der Waals surface area contributed by atoms with E-state index in [-0.39, 0.29) is 30.3 Å². The van der Waals surface area contributed by atoms with Crippen LogP contribution >= 0.6 is 0 Å². The van der Waals surface area contributed by atoms with Crippen LogP contribution in [0, 0.1) is 17.3 Å². The second-order valence-electron chi connectivity index (χ2n) is 7.03. The molecule has 2 aliphatic carbocycles. The first-order valence-corrected chi connectivity index (χ1v) is 7.90. The van der Waals surface area contributed by atoms with Crippen LogP contribution in [0.3, 0.4) is 0 Å². The van der Waals surface area contributed by atoms with Gasteiger partial charge in [-0.15, -0.1) is 0 Å². The molecule has 136 valence electrons. The molecule has 0 bridgehead atoms. The van der Waals surface area contributed by atoms with Crippen molar-refractivity contribution < 1.29 is 31.8 Å². The van der Waals surface area contributed by atoms with Gasteiger partial charge in [0.1, 0.15) is 12.4 Å². The third-order valence-corrected chi connectivity index (χ3v) is 4.81. The van der Waals surface area contributed by atoms with Crippen molar-refractivity contribution >= 4 is 5.97 Å². The molecule has 2 aliphatic rings. The Morgan fingerprint density at radius 1 is 1.36 bits per heavy atom. The molecule has 2 atom stereocenters. The summed E-state index contributed by atoms with van der Waals surface area (Å²) in [4.78, 5) is 12.2. The Kier molecular flexibility index (Phi) is 4.29. The SMILES string of the molecule is CC1(C)C(C=C2CC2(F)F)C1C(=O)OCc1cccc(OC(F)F)c1. The molecule has 0 amide bonds. The summed E-state index contributed by atoms with van der Waals surface area (Å²) < 4.78 is 60.0. The van der Waals surface area contributed by atoms with Gasteiger partial charge in [0.2, 0.25) is 0 Å². The van der Waals surface area contributed by atoms with Gasteiger partial charge in [0, 0.05) is 12.0 Å². The molecule has 3 rings (SSSR count). The molecule has 2 unspecified atom stereocenters. The molecule has 0 radical (unpaired) electrons. The third kappa shape index (κ3) is 3.80. The summed E-state index contributed by atoms with van der Waals surface area (Å²) in [7, 11) is 0. The Hall–Kier alpha value is -2.05. The second kappa shape index (κ2) is 6.04. The van der Waals surface area contributed by atoms with Crippen molar-refractivity contribution in [1.29, 1.82) is 0 Å². The molecule has 0 aliphatic heterocycles. The van der Waals surface area contributed by atoms with E-state index in [4.69, 9.17) is 4.74 Å². The molecule has 0 N–H and O–H groups in total. The summed E-state index contributed by atoms with van der Waals surface area (Å²) in [6.45, 7) is 0.640. The lowest BCUT2D eigenvalue weighted by Crippen LogP contribution is -2.11. The summed E-state index contributed by atoms with van der Waals surface area (Å²) in [6.07, 6.45) is 1.25. The summed E-state index contributed by atoms with van der Waals surface area (Å²) >= 11 is 0. The highest BCUT2D eigenvalue weighted by Gasteiger charge is 2.63. The van der Waals surface area contributed by atoms with Gasteiger partial charge in [-0.1, -0.05) is 32.1 Å². The highest BCUT2D eigenvalue weighted by atomic mass is 19.3. The standard InChI is InChI=1S/C18H18F4O3/c1-17(2)13(7-11-8-18(11,21)22)14(17)15(23)24-9-10-4-3-5-12(6-10)25-16(19)20/h3-7,13-14,16H,8-9H2,1-2H3. The first kappa shape index (κ1) is 17.8. The topological polar surface area (TPSA) is 35.5 Å². The average molecular weight is 358 g/mol. The van der Waals surface area contributed by atoms with Crippen LogP contribution in [0.15, 0.2) is 35.9 Å². The minimum absolute atomic E-state index is 0.0196. The number of esters is 1. The van der Waals surface area contributed by atoms with Crippen LogP contribution in [0.5, 0.6) is 5.75 Å². The van der Waals surface area contributed by atoms with E-state index in [1.165, 1.54) is 24.3 Å². The van der Waals surface area contributed by atoms with E-state index in [9.17, 15) is 22.4 Å². The largest absolute Gasteiger partial charge is 0.461 e. The van der Waals surface area contributed by atoms with Crippen molar-refractivity contribution in [1.82, 2.24) is 0 Å². The van der Waals surface area contributed by atoms with Gasteiger partial charge in [-0.3, -0.25) is 4.79 Å². The molecule has 3 nitrogen and oxygen atoms in total. The summed E-state index contributed by atoms with van der Waals surface area (Å²) in [6, 6.07) is 5.87. The maximum Gasteiger partial charge on any atom is 0.387 e. The molecular weight excluding hydrogens is 340 g/mol. The fraction of sp³-hybridized carbons (Fsp3) is 0.500. The zero-order chi connectivity index (χ0) is 18.4. The maximum absolute atomic E-state index is 13.0. The van der Waals surface area contributed by atoms with Gasteiger partial charge in [-0.25, -0.2) is 8.78 Å². The molecule has 7 heteroatoms. The van der Waals surface area contributed by atoms with Gasteiger partial charge in [-0.05, 0) is 29.0 Å². The smallest absolute Gasteiger partial charge is 0.387 e. The van der Waals surface area contributed by atoms with Crippen LogP contribution < -0.4 is 4.74 Å². The lowest BCUT2D eigenvalue weighted by Gasteiger charge is -2.08. The molecule has 1 aromatic rings. The van der Waals surface area contributed by atoms with E-state index in [1.54, 1.807) is 6.07 Å². The first-order chi connectivity index (χ1) is 11.6. The van der Waals surface area contributed by atoms with Gasteiger partial charge in [0.15, 0.2) is 0 Å². The summed E-state index contributed by atoms with van der Waals surface area (Å²) in [5.74, 6) is -3.96. The molecule has 0 heterocycles. The van der Waals surface area contributed by atoms with Crippen molar-refractivity contribution in [2.24, 2.45) is 17.3 Å². The Morgan fingerprint density at radius 3 is 2.64 bits per heavy atom. The fourth-order valence-corrected chi connectivity index (χ4v) is 3.09. The van der Waals surface area contributed by atoms with E-state index >= 15 is 0 Å². The molecular formula is C18H18F4O3. The number of allylic oxidation sites excluding steroid dienone is 2. The third-order valence-electron chi connectivity index (χ3n) is 4.81. The van der Waals surface area contributed by atoms with Crippen molar-refractivity contribution in [3.63, 3.8) is 0 Å². The van der Waals surface area contributed by atoms with Gasteiger partial charge in [0.05, 0.1) is 5.92 Å². The van der Waals surface area contributed by atoms with Gasteiger partial charge in [0.25, 0.3) is 5.92 Å². The van der Waals surface area contributed by atoms with Crippen LogP contribution in [0.25, 0.3) is 0 Å². The predicted octanol–water partition coefficient (Wildman–Crippen LogP) is 4.57. The van der Waals surface area contributed by atoms with E-state index < -0.39 is 29.8 Å². The van der Waals surface area contributed by atoms with E-state index in [2.05, 4.69) is 4.74 Å². The van der Waals surface area contributed by atoms with Gasteiger partial charge < -0.3 is 9.47 Å². The number of halogens is 4. The Morgan fingerprint density at radius 2 is 2.04 bits per heavy atom. The first-order valence-electron chi connectivity index (χ1n) is 7.90. The fourth-order valence-electron chi connectivity index (χ4n) is 3.09. The van der Waals surface area contributed by atoms with Crippen LogP contribution in [-0.2, 0) is 16.1 Å². The Labute approximate surface area is 142 Å². The molecule has 25 heavy (non-hydrogen) atoms. The number of carbonyl (C=O) groups is 1. The highest BCUT2D eigenvalue weighted by Crippen LogP contribution is 2.62. The normalized spacial score (nSPS) is 27.2. The van der Waals surface area contributed by atoms with Gasteiger partial charge >= 0.3 is 12.6 Å². The molecule has 0 saturated heterocycles. The quantitative estimate of drug-likeness (QED) is 0.425. The van der Waals surface area contributed by atoms with Gasteiger partial charge in [-0.2, -0.15) is 8.78 Å². The monoisotopic (exact) mass is 358 g/mol. The second-order valence-corrected chi connectivity index (χ2v) is 7.03. The highest BCUT2D eigenvalue weighted by molar-refractivity contribution is 5.78. The zero-order valence-electron chi connectivity index (χ0n) is 13.8. The van der Waals surface area contributed by atoms with Crippen molar-refractivity contribution in [2.75, 3.05) is 0 Å². The number of carbonyl (C=O) groups excluding carboxylic acids is 1. The maximum atomic E-state index is 13.0. The van der Waals surface area contributed by atoms with Crippen LogP contribution in [0.1, 0.15) is 25.8 Å². The van der Waals surface area contributed by atoms with Crippen molar-refractivity contribution in [3.8, 4) is 5.75 Å². The number of benzene rings is 1. The lowest BCUT2D eigenvalue weighted by molar-refractivity contribution is -0.147. The van der Waals surface area contributed by atoms with Crippen molar-refractivity contribution in [2.45, 2.75) is 39.4 Å². The minimum atomic E-state index is -2.93. The summed E-state index contributed by atoms with van der Waals surface area (Å²) in [5.41, 5.74) is 0.162. The molecule has 0 aromatic heterocycles. The molecule has 2 fully saturated rings. The van der Waals surface area contributed by atoms with Crippen LogP contribution in [-0.4, -0.2) is 18.5 Å².